The third-order valence-corrected chi connectivity index (χ3v) is 4.48. The van der Waals surface area contributed by atoms with E-state index in [1.54, 1.807) is 38.6 Å². The minimum Gasteiger partial charge on any atom is -0.463 e. The van der Waals surface area contributed by atoms with Crippen LogP contribution in [0.3, 0.4) is 0 Å². The van der Waals surface area contributed by atoms with Gasteiger partial charge in [-0.05, 0) is 0 Å². The van der Waals surface area contributed by atoms with Gasteiger partial charge in [-0.3, -0.25) is 14.2 Å². The van der Waals surface area contributed by atoms with E-state index in [4.69, 9.17) is 19.9 Å². The summed E-state index contributed by atoms with van der Waals surface area (Å²) in [4.78, 5) is 36.3. The molecule has 0 spiro atoms. The van der Waals surface area contributed by atoms with E-state index in [1.807, 2.05) is 0 Å². The average Bonchev–Trinajstić information content (AvgIpc) is 3.24. The Morgan fingerprint density at radius 2 is 1.93 bits per heavy atom. The summed E-state index contributed by atoms with van der Waals surface area (Å²) in [6.07, 6.45) is 1.64. The Balaban J connectivity index is 1.80. The number of carbonyl (C=O) groups excluding carboxylic acids is 2. The zero-order chi connectivity index (χ0) is 20.4. The molecule has 152 valence electrons. The number of esters is 2. The van der Waals surface area contributed by atoms with Crippen LogP contribution in [0.15, 0.2) is 12.7 Å². The van der Waals surface area contributed by atoms with E-state index in [1.165, 1.54) is 6.33 Å². The number of fused-ring (bicyclic) bond motifs is 1. The molecule has 3 heterocycles. The highest BCUT2D eigenvalue weighted by Crippen LogP contribution is 2.33. The second-order valence-electron chi connectivity index (χ2n) is 7.36. The molecule has 10 heteroatoms. The second kappa shape index (κ2) is 8.09. The summed E-state index contributed by atoms with van der Waals surface area (Å²) < 4.78 is 18.7. The zero-order valence-corrected chi connectivity index (χ0v) is 16.4. The van der Waals surface area contributed by atoms with Crippen molar-refractivity contribution in [3.05, 3.63) is 12.7 Å². The molecular formula is C18H25N5O5. The first-order valence-electron chi connectivity index (χ1n) is 9.23. The van der Waals surface area contributed by atoms with E-state index in [0.29, 0.717) is 17.6 Å². The van der Waals surface area contributed by atoms with Crippen LogP contribution in [0.25, 0.3) is 11.2 Å². The highest BCUT2D eigenvalue weighted by atomic mass is 16.6. The van der Waals surface area contributed by atoms with Gasteiger partial charge in [0.05, 0.1) is 18.2 Å². The summed E-state index contributed by atoms with van der Waals surface area (Å²) in [5.41, 5.74) is 6.83. The van der Waals surface area contributed by atoms with Gasteiger partial charge in [-0.1, -0.05) is 27.7 Å². The van der Waals surface area contributed by atoms with Crippen molar-refractivity contribution in [3.63, 3.8) is 0 Å². The average molecular weight is 391 g/mol. The van der Waals surface area contributed by atoms with Crippen molar-refractivity contribution < 1.29 is 23.8 Å². The molecule has 0 aliphatic carbocycles. The first-order chi connectivity index (χ1) is 13.3. The lowest BCUT2D eigenvalue weighted by atomic mass is 10.1. The number of nitrogens with two attached hydrogens (primary N) is 1. The monoisotopic (exact) mass is 391 g/mol. The van der Waals surface area contributed by atoms with Crippen LogP contribution < -0.4 is 5.73 Å². The molecule has 0 unspecified atom stereocenters. The molecule has 0 saturated carbocycles. The number of aromatic nitrogens is 4. The topological polar surface area (TPSA) is 131 Å². The number of hydrogen-bond donors (Lipinski definition) is 1. The molecule has 2 aromatic rings. The maximum atomic E-state index is 12.1. The summed E-state index contributed by atoms with van der Waals surface area (Å²) in [6, 6.07) is 0. The lowest BCUT2D eigenvalue weighted by Gasteiger charge is -2.20. The Labute approximate surface area is 162 Å². The molecule has 0 bridgehead atoms. The molecule has 10 nitrogen and oxygen atoms in total. The van der Waals surface area contributed by atoms with Crippen molar-refractivity contribution >= 4 is 28.9 Å². The molecule has 1 fully saturated rings. The Kier molecular flexibility index (Phi) is 5.78. The number of imidazole rings is 1. The summed E-state index contributed by atoms with van der Waals surface area (Å²) in [5.74, 6) is -0.941. The molecule has 2 N–H and O–H groups in total. The number of anilines is 1. The lowest BCUT2D eigenvalue weighted by molar-refractivity contribution is -0.162. The molecule has 0 radical (unpaired) electrons. The van der Waals surface area contributed by atoms with Crippen molar-refractivity contribution in [2.24, 2.45) is 11.8 Å². The molecule has 28 heavy (non-hydrogen) atoms. The van der Waals surface area contributed by atoms with Crippen molar-refractivity contribution in [2.45, 2.75) is 52.6 Å². The predicted octanol–water partition coefficient (Wildman–Crippen LogP) is 1.46. The van der Waals surface area contributed by atoms with Gasteiger partial charge < -0.3 is 19.9 Å². The first kappa shape index (κ1) is 20.0. The molecule has 3 atom stereocenters. The highest BCUT2D eigenvalue weighted by molar-refractivity contribution is 5.81. The van der Waals surface area contributed by atoms with Gasteiger partial charge in [0.2, 0.25) is 0 Å². The van der Waals surface area contributed by atoms with Crippen molar-refractivity contribution in [2.75, 3.05) is 12.3 Å². The van der Waals surface area contributed by atoms with E-state index in [-0.39, 0.29) is 36.2 Å². The summed E-state index contributed by atoms with van der Waals surface area (Å²) in [5, 5.41) is 0. The number of rotatable bonds is 6. The predicted molar refractivity (Wildman–Crippen MR) is 98.8 cm³/mol. The summed E-state index contributed by atoms with van der Waals surface area (Å²) in [7, 11) is 0. The van der Waals surface area contributed by atoms with E-state index in [2.05, 4.69) is 15.0 Å². The van der Waals surface area contributed by atoms with Gasteiger partial charge in [-0.25, -0.2) is 15.0 Å². The Morgan fingerprint density at radius 3 is 2.61 bits per heavy atom. The third-order valence-electron chi connectivity index (χ3n) is 4.48. The summed E-state index contributed by atoms with van der Waals surface area (Å²) in [6.45, 7) is 7.00. The van der Waals surface area contributed by atoms with Gasteiger partial charge >= 0.3 is 11.9 Å². The first-order valence-corrected chi connectivity index (χ1v) is 9.23. The van der Waals surface area contributed by atoms with Crippen LogP contribution in [0, 0.1) is 11.8 Å². The minimum absolute atomic E-state index is 0.00664. The Hall–Kier alpha value is -2.75. The number of nitrogens with zero attached hydrogens (tertiary/aromatic N) is 4. The van der Waals surface area contributed by atoms with Crippen molar-refractivity contribution in [3.8, 4) is 0 Å². The van der Waals surface area contributed by atoms with Crippen LogP contribution in [-0.2, 0) is 23.8 Å². The number of nitrogen functional groups attached to an aromatic ring is 1. The fraction of sp³-hybridized carbons (Fsp3) is 0.611. The molecule has 1 saturated heterocycles. The van der Waals surface area contributed by atoms with Crippen LogP contribution in [-0.4, -0.2) is 50.3 Å². The molecule has 3 rings (SSSR count). The Morgan fingerprint density at radius 1 is 1.21 bits per heavy atom. The lowest BCUT2D eigenvalue weighted by Crippen LogP contribution is -2.33. The molecule has 0 amide bonds. The van der Waals surface area contributed by atoms with E-state index >= 15 is 0 Å². The van der Waals surface area contributed by atoms with Crippen LogP contribution in [0.5, 0.6) is 0 Å². The second-order valence-corrected chi connectivity index (χ2v) is 7.36. The SMILES string of the molecule is CC(C)C(=O)OC[C@H]1O[C@@H](n2cnc3c(N)ncnc32)C[C@H]1OC(=O)C(C)C. The number of ether oxygens (including phenoxy) is 3. The largest absolute Gasteiger partial charge is 0.463 e. The van der Waals surface area contributed by atoms with Gasteiger partial charge in [-0.15, -0.1) is 0 Å². The van der Waals surface area contributed by atoms with Gasteiger partial charge in [0.25, 0.3) is 0 Å². The Bertz CT molecular complexity index is 865. The molecule has 0 aromatic carbocycles. The van der Waals surface area contributed by atoms with Gasteiger partial charge in [0.15, 0.2) is 11.5 Å². The van der Waals surface area contributed by atoms with Crippen LogP contribution in [0.2, 0.25) is 0 Å². The van der Waals surface area contributed by atoms with Gasteiger partial charge in [0, 0.05) is 6.42 Å². The smallest absolute Gasteiger partial charge is 0.308 e. The molecule has 1 aliphatic rings. The van der Waals surface area contributed by atoms with Crippen LogP contribution in [0.1, 0.15) is 40.3 Å². The summed E-state index contributed by atoms with van der Waals surface area (Å²) >= 11 is 0. The third kappa shape index (κ3) is 4.06. The maximum absolute atomic E-state index is 12.1. The van der Waals surface area contributed by atoms with Crippen molar-refractivity contribution in [1.29, 1.82) is 0 Å². The van der Waals surface area contributed by atoms with E-state index in [0.717, 1.165) is 0 Å². The number of hydrogen-bond acceptors (Lipinski definition) is 9. The number of carbonyl (C=O) groups is 2. The van der Waals surface area contributed by atoms with Crippen LogP contribution in [0.4, 0.5) is 5.82 Å². The fourth-order valence-electron chi connectivity index (χ4n) is 2.84. The highest BCUT2D eigenvalue weighted by Gasteiger charge is 2.40. The van der Waals surface area contributed by atoms with Gasteiger partial charge in [-0.2, -0.15) is 0 Å². The molecule has 1 aliphatic heterocycles. The van der Waals surface area contributed by atoms with Crippen LogP contribution >= 0.6 is 0 Å². The van der Waals surface area contributed by atoms with E-state index < -0.39 is 18.4 Å². The quantitative estimate of drug-likeness (QED) is 0.727. The van der Waals surface area contributed by atoms with Gasteiger partial charge in [0.1, 0.15) is 36.9 Å². The standard InChI is InChI=1S/C18H25N5O5/c1-9(2)17(24)26-6-12-11(28-18(25)10(3)4)5-13(27-12)23-8-22-14-15(19)20-7-21-16(14)23/h7-13H,5-6H2,1-4H3,(H2,19,20,21)/t11-,12-,13-/m1/s1. The fourth-order valence-corrected chi connectivity index (χ4v) is 2.84. The maximum Gasteiger partial charge on any atom is 0.308 e. The van der Waals surface area contributed by atoms with Crippen molar-refractivity contribution in [1.82, 2.24) is 19.5 Å². The molecule has 2 aromatic heterocycles. The van der Waals surface area contributed by atoms with E-state index in [9.17, 15) is 9.59 Å². The normalized spacial score (nSPS) is 22.1. The zero-order valence-electron chi connectivity index (χ0n) is 16.4. The minimum atomic E-state index is -0.591. The molecular weight excluding hydrogens is 366 g/mol.